The van der Waals surface area contributed by atoms with Gasteiger partial charge in [0.05, 0.1) is 13.3 Å². The first-order chi connectivity index (χ1) is 9.72. The van der Waals surface area contributed by atoms with E-state index in [4.69, 9.17) is 4.74 Å². The Morgan fingerprint density at radius 1 is 1.40 bits per heavy atom. The summed E-state index contributed by atoms with van der Waals surface area (Å²) in [4.78, 5) is 0. The molecule has 1 aromatic heterocycles. The molecule has 0 unspecified atom stereocenters. The van der Waals surface area contributed by atoms with Gasteiger partial charge in [-0.25, -0.2) is 0 Å². The summed E-state index contributed by atoms with van der Waals surface area (Å²) in [7, 11) is 1.69. The van der Waals surface area contributed by atoms with Crippen LogP contribution in [0.5, 0.6) is 5.75 Å². The van der Waals surface area contributed by atoms with Gasteiger partial charge in [-0.15, -0.1) is 0 Å². The minimum Gasteiger partial charge on any atom is -0.497 e. The van der Waals surface area contributed by atoms with Crippen LogP contribution in [0.15, 0.2) is 36.7 Å². The van der Waals surface area contributed by atoms with E-state index in [1.54, 1.807) is 7.11 Å². The number of hydrogen-bond acceptors (Lipinski definition) is 3. The Hall–Kier alpha value is -1.81. The van der Waals surface area contributed by atoms with Gasteiger partial charge < -0.3 is 10.1 Å². The Morgan fingerprint density at radius 2 is 2.25 bits per heavy atom. The van der Waals surface area contributed by atoms with E-state index in [-0.39, 0.29) is 6.04 Å². The van der Waals surface area contributed by atoms with Crippen molar-refractivity contribution >= 4 is 0 Å². The minimum atomic E-state index is 0.277. The quantitative estimate of drug-likeness (QED) is 0.842. The Labute approximate surface area is 120 Å². The molecular formula is C16H23N3O. The molecule has 0 bridgehead atoms. The predicted molar refractivity (Wildman–Crippen MR) is 80.8 cm³/mol. The molecule has 0 saturated heterocycles. The number of hydrogen-bond donors (Lipinski definition) is 1. The second-order valence-electron chi connectivity index (χ2n) is 4.99. The van der Waals surface area contributed by atoms with Crippen molar-refractivity contribution in [2.45, 2.75) is 39.4 Å². The van der Waals surface area contributed by atoms with Gasteiger partial charge in [0, 0.05) is 30.9 Å². The number of benzene rings is 1. The molecule has 0 radical (unpaired) electrons. The zero-order valence-electron chi connectivity index (χ0n) is 12.5. The molecule has 1 N–H and O–H groups in total. The van der Waals surface area contributed by atoms with Gasteiger partial charge in [-0.1, -0.05) is 19.1 Å². The monoisotopic (exact) mass is 273 g/mol. The largest absolute Gasteiger partial charge is 0.497 e. The van der Waals surface area contributed by atoms with Crippen LogP contribution in [0.3, 0.4) is 0 Å². The Kier molecular flexibility index (Phi) is 5.18. The van der Waals surface area contributed by atoms with Crippen molar-refractivity contribution < 1.29 is 4.74 Å². The van der Waals surface area contributed by atoms with E-state index in [0.29, 0.717) is 0 Å². The molecule has 1 aromatic carbocycles. The number of rotatable bonds is 7. The Balaban J connectivity index is 1.91. The minimum absolute atomic E-state index is 0.277. The highest BCUT2D eigenvalue weighted by molar-refractivity contribution is 5.30. The second-order valence-corrected chi connectivity index (χ2v) is 4.99. The number of ether oxygens (including phenoxy) is 1. The lowest BCUT2D eigenvalue weighted by Gasteiger charge is -2.14. The third-order valence-corrected chi connectivity index (χ3v) is 3.35. The van der Waals surface area contributed by atoms with Crippen LogP contribution in [0, 0.1) is 0 Å². The van der Waals surface area contributed by atoms with Crippen molar-refractivity contribution in [2.24, 2.45) is 0 Å². The summed E-state index contributed by atoms with van der Waals surface area (Å²) in [6.07, 6.45) is 5.14. The molecule has 0 spiro atoms. The van der Waals surface area contributed by atoms with Gasteiger partial charge in [-0.2, -0.15) is 5.10 Å². The summed E-state index contributed by atoms with van der Waals surface area (Å²) in [5.41, 5.74) is 2.44. The molecule has 1 atom stereocenters. The van der Waals surface area contributed by atoms with Crippen LogP contribution in [0.1, 0.15) is 37.4 Å². The average molecular weight is 273 g/mol. The highest BCUT2D eigenvalue weighted by atomic mass is 16.5. The zero-order valence-corrected chi connectivity index (χ0v) is 12.5. The Bertz CT molecular complexity index is 536. The number of nitrogens with one attached hydrogen (secondary N) is 1. The van der Waals surface area contributed by atoms with Crippen molar-refractivity contribution in [3.05, 3.63) is 47.8 Å². The number of aromatic nitrogens is 2. The molecule has 2 rings (SSSR count). The highest BCUT2D eigenvalue weighted by Gasteiger charge is 2.06. The van der Waals surface area contributed by atoms with Gasteiger partial charge in [0.15, 0.2) is 0 Å². The van der Waals surface area contributed by atoms with Crippen LogP contribution in [-0.2, 0) is 13.1 Å². The van der Waals surface area contributed by atoms with E-state index in [1.807, 2.05) is 23.0 Å². The molecular weight excluding hydrogens is 250 g/mol. The summed E-state index contributed by atoms with van der Waals surface area (Å²) in [6, 6.07) is 8.44. The smallest absolute Gasteiger partial charge is 0.119 e. The van der Waals surface area contributed by atoms with Crippen LogP contribution in [0.25, 0.3) is 0 Å². The lowest BCUT2D eigenvalue weighted by atomic mass is 10.1. The fourth-order valence-electron chi connectivity index (χ4n) is 2.15. The maximum absolute atomic E-state index is 5.26. The molecule has 0 fully saturated rings. The number of methoxy groups -OCH3 is 1. The van der Waals surface area contributed by atoms with Gasteiger partial charge in [0.2, 0.25) is 0 Å². The fourth-order valence-corrected chi connectivity index (χ4v) is 2.15. The predicted octanol–water partition coefficient (Wildman–Crippen LogP) is 3.15. The lowest BCUT2D eigenvalue weighted by Crippen LogP contribution is -2.17. The summed E-state index contributed by atoms with van der Waals surface area (Å²) in [5.74, 6) is 0.895. The van der Waals surface area contributed by atoms with Crippen LogP contribution in [0.4, 0.5) is 0 Å². The highest BCUT2D eigenvalue weighted by Crippen LogP contribution is 2.19. The maximum Gasteiger partial charge on any atom is 0.119 e. The third-order valence-electron chi connectivity index (χ3n) is 3.35. The summed E-state index contributed by atoms with van der Waals surface area (Å²) in [6.45, 7) is 6.11. The summed E-state index contributed by atoms with van der Waals surface area (Å²) in [5, 5.41) is 7.85. The first-order valence-corrected chi connectivity index (χ1v) is 7.11. The molecule has 0 aliphatic rings. The topological polar surface area (TPSA) is 39.1 Å². The Morgan fingerprint density at radius 3 is 3.00 bits per heavy atom. The van der Waals surface area contributed by atoms with Crippen LogP contribution in [0.2, 0.25) is 0 Å². The molecule has 0 aliphatic heterocycles. The second kappa shape index (κ2) is 7.10. The fraction of sp³-hybridized carbons (Fsp3) is 0.438. The van der Waals surface area contributed by atoms with Crippen molar-refractivity contribution in [1.29, 1.82) is 0 Å². The molecule has 0 aliphatic carbocycles. The molecule has 4 heteroatoms. The standard InChI is InChI=1S/C16H23N3O/c1-4-8-19-12-14(11-18-19)10-17-13(2)15-6-5-7-16(9-15)20-3/h5-7,9,11-13,17H,4,8,10H2,1-3H3/t13-/m0/s1. The molecule has 1 heterocycles. The summed E-state index contributed by atoms with van der Waals surface area (Å²) < 4.78 is 7.25. The van der Waals surface area contributed by atoms with E-state index in [0.717, 1.165) is 25.3 Å². The average Bonchev–Trinajstić information content (AvgIpc) is 2.93. The summed E-state index contributed by atoms with van der Waals surface area (Å²) >= 11 is 0. The first-order valence-electron chi connectivity index (χ1n) is 7.11. The van der Waals surface area contributed by atoms with Crippen LogP contribution < -0.4 is 10.1 Å². The van der Waals surface area contributed by atoms with Crippen molar-refractivity contribution in [3.63, 3.8) is 0 Å². The molecule has 4 nitrogen and oxygen atoms in total. The van der Waals surface area contributed by atoms with E-state index in [9.17, 15) is 0 Å². The third kappa shape index (κ3) is 3.84. The van der Waals surface area contributed by atoms with Crippen molar-refractivity contribution in [3.8, 4) is 5.75 Å². The van der Waals surface area contributed by atoms with Gasteiger partial charge in [-0.05, 0) is 31.0 Å². The zero-order chi connectivity index (χ0) is 14.4. The van der Waals surface area contributed by atoms with E-state index >= 15 is 0 Å². The van der Waals surface area contributed by atoms with E-state index in [2.05, 4.69) is 42.6 Å². The van der Waals surface area contributed by atoms with E-state index in [1.165, 1.54) is 11.1 Å². The molecule has 0 saturated carbocycles. The normalized spacial score (nSPS) is 12.3. The molecule has 108 valence electrons. The SMILES string of the molecule is CCCn1cc(CN[C@@H](C)c2cccc(OC)c2)cn1. The number of nitrogens with zero attached hydrogens (tertiary/aromatic N) is 2. The van der Waals surface area contributed by atoms with Gasteiger partial charge >= 0.3 is 0 Å². The van der Waals surface area contributed by atoms with Crippen molar-refractivity contribution in [2.75, 3.05) is 7.11 Å². The first kappa shape index (κ1) is 14.6. The van der Waals surface area contributed by atoms with E-state index < -0.39 is 0 Å². The van der Waals surface area contributed by atoms with Crippen LogP contribution in [-0.4, -0.2) is 16.9 Å². The van der Waals surface area contributed by atoms with Gasteiger partial charge in [0.25, 0.3) is 0 Å². The van der Waals surface area contributed by atoms with Gasteiger partial charge in [0.1, 0.15) is 5.75 Å². The van der Waals surface area contributed by atoms with Crippen molar-refractivity contribution in [1.82, 2.24) is 15.1 Å². The molecule has 2 aromatic rings. The van der Waals surface area contributed by atoms with Crippen LogP contribution >= 0.6 is 0 Å². The maximum atomic E-state index is 5.26. The van der Waals surface area contributed by atoms with Gasteiger partial charge in [-0.3, -0.25) is 4.68 Å². The lowest BCUT2D eigenvalue weighted by molar-refractivity contribution is 0.413. The number of aryl methyl sites for hydroxylation is 1. The molecule has 20 heavy (non-hydrogen) atoms. The molecule has 0 amide bonds.